The SMILES string of the molecule is COc1c(C)cc(C2=NO[C@]3(C2)C[C@@H](C(=O)C[C@@H](CC2CC2)C(=O)C(N)=O)N(C(=O)[C@@H](NC(=O)OC(C)(C)C)C(C)(C)C)C3)cc1C. The van der Waals surface area contributed by atoms with Crippen LogP contribution in [0.1, 0.15) is 96.8 Å². The van der Waals surface area contributed by atoms with Crippen molar-refractivity contribution in [2.45, 2.75) is 117 Å². The van der Waals surface area contributed by atoms with E-state index < -0.39 is 58.3 Å². The van der Waals surface area contributed by atoms with E-state index in [9.17, 15) is 24.0 Å². The summed E-state index contributed by atoms with van der Waals surface area (Å²) in [7, 11) is 1.62. The first kappa shape index (κ1) is 35.9. The van der Waals surface area contributed by atoms with Crippen LogP contribution >= 0.6 is 0 Å². The van der Waals surface area contributed by atoms with Crippen LogP contribution in [0.2, 0.25) is 0 Å². The summed E-state index contributed by atoms with van der Waals surface area (Å²) < 4.78 is 11.0. The van der Waals surface area contributed by atoms with Gasteiger partial charge in [0, 0.05) is 30.7 Å². The van der Waals surface area contributed by atoms with Gasteiger partial charge in [0.1, 0.15) is 17.4 Å². The number of nitrogens with two attached hydrogens (primary N) is 1. The Morgan fingerprint density at radius 1 is 1.09 bits per heavy atom. The number of oxime groups is 1. The van der Waals surface area contributed by atoms with E-state index in [2.05, 4.69) is 10.5 Å². The van der Waals surface area contributed by atoms with Crippen LogP contribution in [0, 0.1) is 31.1 Å². The monoisotopic (exact) mass is 654 g/mol. The minimum absolute atomic E-state index is 0.0307. The Balaban J connectivity index is 1.65. The van der Waals surface area contributed by atoms with Gasteiger partial charge in [0.15, 0.2) is 11.4 Å². The van der Waals surface area contributed by atoms with Crippen LogP contribution in [0.3, 0.4) is 0 Å². The minimum atomic E-state index is -1.07. The average Bonchev–Trinajstić information content (AvgIpc) is 3.54. The number of ketones is 2. The third kappa shape index (κ3) is 8.50. The molecule has 1 spiro atoms. The molecule has 0 unspecified atom stereocenters. The molecule has 2 heterocycles. The molecule has 3 N–H and O–H groups in total. The molecule has 3 amide bonds. The number of alkyl carbamates (subject to hydrolysis) is 1. The lowest BCUT2D eigenvalue weighted by molar-refractivity contribution is -0.143. The van der Waals surface area contributed by atoms with Crippen LogP contribution < -0.4 is 15.8 Å². The number of ether oxygens (including phenoxy) is 2. The summed E-state index contributed by atoms with van der Waals surface area (Å²) in [5.41, 5.74) is 6.19. The molecule has 47 heavy (non-hydrogen) atoms. The molecule has 12 nitrogen and oxygen atoms in total. The van der Waals surface area contributed by atoms with Crippen molar-refractivity contribution < 1.29 is 38.3 Å². The first-order chi connectivity index (χ1) is 21.7. The van der Waals surface area contributed by atoms with Gasteiger partial charge in [-0.2, -0.15) is 0 Å². The first-order valence-corrected chi connectivity index (χ1v) is 16.3. The van der Waals surface area contributed by atoms with Crippen LogP contribution in [0.15, 0.2) is 17.3 Å². The number of primary amides is 1. The molecular formula is C35H50N4O8. The van der Waals surface area contributed by atoms with Crippen LogP contribution in [-0.4, -0.2) is 77.0 Å². The van der Waals surface area contributed by atoms with Crippen molar-refractivity contribution in [1.82, 2.24) is 10.2 Å². The Morgan fingerprint density at radius 2 is 1.70 bits per heavy atom. The highest BCUT2D eigenvalue weighted by atomic mass is 16.7. The first-order valence-electron chi connectivity index (χ1n) is 16.3. The fourth-order valence-corrected chi connectivity index (χ4v) is 6.64. The lowest BCUT2D eigenvalue weighted by Gasteiger charge is -2.36. The zero-order valence-electron chi connectivity index (χ0n) is 29.2. The second-order valence-corrected chi connectivity index (χ2v) is 15.5. The highest BCUT2D eigenvalue weighted by molar-refractivity contribution is 6.36. The van der Waals surface area contributed by atoms with Gasteiger partial charge in [0.25, 0.3) is 5.91 Å². The molecule has 0 bridgehead atoms. The van der Waals surface area contributed by atoms with Gasteiger partial charge in [-0.1, -0.05) is 38.8 Å². The van der Waals surface area contributed by atoms with Gasteiger partial charge in [-0.05, 0) is 75.6 Å². The van der Waals surface area contributed by atoms with Crippen molar-refractivity contribution in [2.75, 3.05) is 13.7 Å². The fourth-order valence-electron chi connectivity index (χ4n) is 6.64. The van der Waals surface area contributed by atoms with E-state index in [0.29, 0.717) is 18.6 Å². The van der Waals surface area contributed by atoms with Gasteiger partial charge in [-0.3, -0.25) is 19.2 Å². The highest BCUT2D eigenvalue weighted by Crippen LogP contribution is 2.42. The number of methoxy groups -OCH3 is 1. The second kappa shape index (κ2) is 13.3. The van der Waals surface area contributed by atoms with Crippen molar-refractivity contribution in [3.63, 3.8) is 0 Å². The molecule has 1 saturated carbocycles. The quantitative estimate of drug-likeness (QED) is 0.336. The standard InChI is InChI=1S/C35H50N4O8/c1-19-12-22(13-20(2)28(19)45-9)24-16-35(47-38-24)17-25(26(40)15-23(14-21-10-11-21)27(41)30(36)42)39(18-35)31(43)29(33(3,4)5)37-32(44)46-34(6,7)8/h12-13,21,23,25,29H,10-11,14-18H2,1-9H3,(H2,36,42)(H,37,44)/t23-,25+,29-,35-/m1/s1. The Morgan fingerprint density at radius 3 is 2.21 bits per heavy atom. The molecule has 1 saturated heterocycles. The predicted molar refractivity (Wildman–Crippen MR) is 175 cm³/mol. The van der Waals surface area contributed by atoms with E-state index in [1.54, 1.807) is 27.9 Å². The lowest BCUT2D eigenvalue weighted by atomic mass is 9.85. The van der Waals surface area contributed by atoms with Crippen molar-refractivity contribution in [1.29, 1.82) is 0 Å². The van der Waals surface area contributed by atoms with E-state index in [-0.39, 0.29) is 31.1 Å². The summed E-state index contributed by atoms with van der Waals surface area (Å²) in [6.45, 7) is 14.5. The molecule has 2 fully saturated rings. The summed E-state index contributed by atoms with van der Waals surface area (Å²) in [4.78, 5) is 73.6. The van der Waals surface area contributed by atoms with Crippen LogP contribution in [-0.2, 0) is 28.8 Å². The molecular weight excluding hydrogens is 604 g/mol. The fraction of sp³-hybridized carbons (Fsp3) is 0.657. The summed E-state index contributed by atoms with van der Waals surface area (Å²) in [6.07, 6.45) is 1.72. The third-order valence-electron chi connectivity index (χ3n) is 9.04. The number of Topliss-reactive ketones (excluding diaryl/α,β-unsaturated/α-hetero) is 2. The Kier molecular flexibility index (Phi) is 10.1. The number of rotatable bonds is 11. The van der Waals surface area contributed by atoms with Gasteiger partial charge in [-0.15, -0.1) is 0 Å². The smallest absolute Gasteiger partial charge is 0.408 e. The number of likely N-dealkylation sites (tertiary alicyclic amines) is 1. The maximum Gasteiger partial charge on any atom is 0.408 e. The number of nitrogens with zero attached hydrogens (tertiary/aromatic N) is 2. The van der Waals surface area contributed by atoms with Crippen LogP contribution in [0.4, 0.5) is 4.79 Å². The molecule has 3 aliphatic rings. The van der Waals surface area contributed by atoms with Gasteiger partial charge < -0.3 is 30.3 Å². The summed E-state index contributed by atoms with van der Waals surface area (Å²) >= 11 is 0. The van der Waals surface area contributed by atoms with Crippen LogP contribution in [0.5, 0.6) is 5.75 Å². The number of hydrogen-bond acceptors (Lipinski definition) is 9. The molecule has 4 atom stereocenters. The van der Waals surface area contributed by atoms with E-state index in [4.69, 9.17) is 20.0 Å². The molecule has 0 radical (unpaired) electrons. The maximum absolute atomic E-state index is 14.4. The van der Waals surface area contributed by atoms with Crippen molar-refractivity contribution in [3.8, 4) is 5.75 Å². The number of nitrogens with one attached hydrogen (secondary N) is 1. The lowest BCUT2D eigenvalue weighted by Crippen LogP contribution is -2.57. The van der Waals surface area contributed by atoms with Gasteiger partial charge in [0.05, 0.1) is 25.4 Å². The van der Waals surface area contributed by atoms with E-state index in [1.165, 1.54) is 4.90 Å². The van der Waals surface area contributed by atoms with Crippen molar-refractivity contribution >= 4 is 35.2 Å². The number of hydrogen-bond donors (Lipinski definition) is 2. The third-order valence-corrected chi connectivity index (χ3v) is 9.04. The van der Waals surface area contributed by atoms with Crippen molar-refractivity contribution in [2.24, 2.45) is 28.1 Å². The number of carbonyl (C=O) groups excluding carboxylic acids is 5. The van der Waals surface area contributed by atoms with Gasteiger partial charge in [-0.25, -0.2) is 4.79 Å². The normalized spacial score (nSPS) is 22.3. The molecule has 0 aromatic heterocycles. The minimum Gasteiger partial charge on any atom is -0.496 e. The zero-order chi connectivity index (χ0) is 35.1. The predicted octanol–water partition coefficient (Wildman–Crippen LogP) is 4.15. The van der Waals surface area contributed by atoms with Crippen molar-refractivity contribution in [3.05, 3.63) is 28.8 Å². The Labute approximate surface area is 277 Å². The van der Waals surface area contributed by atoms with Gasteiger partial charge in [0.2, 0.25) is 11.7 Å². The Hall–Kier alpha value is -3.96. The molecule has 4 rings (SSSR count). The van der Waals surface area contributed by atoms with E-state index in [0.717, 1.165) is 35.3 Å². The topological polar surface area (TPSA) is 167 Å². The van der Waals surface area contributed by atoms with Gasteiger partial charge >= 0.3 is 6.09 Å². The maximum atomic E-state index is 14.4. The number of aryl methyl sites for hydroxylation is 2. The summed E-state index contributed by atoms with van der Waals surface area (Å²) in [5.74, 6) is -2.51. The number of amides is 3. The van der Waals surface area contributed by atoms with E-state index in [1.807, 2.05) is 46.8 Å². The molecule has 1 aromatic carbocycles. The molecule has 258 valence electrons. The number of carbonyl (C=O) groups is 5. The number of benzene rings is 1. The zero-order valence-corrected chi connectivity index (χ0v) is 29.2. The molecule has 1 aromatic rings. The molecule has 12 heteroatoms. The van der Waals surface area contributed by atoms with Crippen LogP contribution in [0.25, 0.3) is 0 Å². The summed E-state index contributed by atoms with van der Waals surface area (Å²) in [5, 5.41) is 7.16. The molecule has 1 aliphatic carbocycles. The molecule has 2 aliphatic heterocycles. The van der Waals surface area contributed by atoms with E-state index >= 15 is 0 Å². The average molecular weight is 655 g/mol. The second-order valence-electron chi connectivity index (χ2n) is 15.5. The largest absolute Gasteiger partial charge is 0.496 e. The summed E-state index contributed by atoms with van der Waals surface area (Å²) in [6, 6.07) is 1.90. The Bertz CT molecular complexity index is 1450. The highest BCUT2D eigenvalue weighted by Gasteiger charge is 2.55.